The molecule has 0 aromatic carbocycles. The van der Waals surface area contributed by atoms with Gasteiger partial charge in [0, 0.05) is 45.5 Å². The van der Waals surface area contributed by atoms with E-state index in [2.05, 4.69) is 37.7 Å². The number of hydrogen-bond acceptors (Lipinski definition) is 5. The van der Waals surface area contributed by atoms with Crippen molar-refractivity contribution in [3.63, 3.8) is 0 Å². The highest BCUT2D eigenvalue weighted by atomic mass is 127. The fourth-order valence-electron chi connectivity index (χ4n) is 3.09. The Balaban J connectivity index is 0.00000225. The summed E-state index contributed by atoms with van der Waals surface area (Å²) < 4.78 is 5.34. The first kappa shape index (κ1) is 20.2. The number of halogens is 1. The lowest BCUT2D eigenvalue weighted by Gasteiger charge is -2.34. The van der Waals surface area contributed by atoms with Crippen molar-refractivity contribution in [2.45, 2.75) is 13.5 Å². The molecule has 3 heterocycles. The summed E-state index contributed by atoms with van der Waals surface area (Å²) >= 11 is 0. The molecule has 1 aromatic rings. The minimum Gasteiger partial charge on any atom is -0.378 e. The second-order valence-electron chi connectivity index (χ2n) is 6.22. The molecule has 0 spiro atoms. The topological polar surface area (TPSA) is 70.2 Å². The highest BCUT2D eigenvalue weighted by Crippen LogP contribution is 2.15. The second-order valence-corrected chi connectivity index (χ2v) is 6.22. The van der Waals surface area contributed by atoms with Gasteiger partial charge in [-0.1, -0.05) is 6.92 Å². The molecule has 8 heteroatoms. The Labute approximate surface area is 167 Å². The Morgan fingerprint density at radius 1 is 1.20 bits per heavy atom. The van der Waals surface area contributed by atoms with Crippen molar-refractivity contribution in [1.82, 2.24) is 14.8 Å². The van der Waals surface area contributed by atoms with Crippen molar-refractivity contribution in [3.8, 4) is 0 Å². The molecule has 3 rings (SSSR count). The zero-order chi connectivity index (χ0) is 16.8. The molecule has 2 aliphatic rings. The summed E-state index contributed by atoms with van der Waals surface area (Å²) in [5, 5.41) is 0. The quantitative estimate of drug-likeness (QED) is 0.411. The number of morpholine rings is 1. The van der Waals surface area contributed by atoms with Crippen LogP contribution >= 0.6 is 24.0 Å². The molecule has 2 N–H and O–H groups in total. The first-order valence-electron chi connectivity index (χ1n) is 8.81. The number of hydrogen-bond donors (Lipinski definition) is 1. The molecular formula is C17H29IN6O. The maximum Gasteiger partial charge on any atom is 0.191 e. The predicted octanol–water partition coefficient (Wildman–Crippen LogP) is 0.988. The monoisotopic (exact) mass is 460 g/mol. The van der Waals surface area contributed by atoms with Crippen LogP contribution in [0.1, 0.15) is 12.5 Å². The van der Waals surface area contributed by atoms with Gasteiger partial charge in [0.1, 0.15) is 5.82 Å². The van der Waals surface area contributed by atoms with E-state index in [1.807, 2.05) is 12.3 Å². The fraction of sp³-hybridized carbons (Fsp3) is 0.647. The molecule has 140 valence electrons. The van der Waals surface area contributed by atoms with Crippen LogP contribution in [0.5, 0.6) is 0 Å². The van der Waals surface area contributed by atoms with Crippen LogP contribution in [-0.4, -0.2) is 79.8 Å². The van der Waals surface area contributed by atoms with Crippen molar-refractivity contribution < 1.29 is 4.74 Å². The highest BCUT2D eigenvalue weighted by molar-refractivity contribution is 14.0. The molecular weight excluding hydrogens is 431 g/mol. The number of anilines is 1. The smallest absolute Gasteiger partial charge is 0.191 e. The Hall–Kier alpha value is -1.13. The lowest BCUT2D eigenvalue weighted by atomic mass is 10.2. The van der Waals surface area contributed by atoms with E-state index in [4.69, 9.17) is 10.5 Å². The average Bonchev–Trinajstić information content (AvgIpc) is 2.67. The van der Waals surface area contributed by atoms with E-state index in [1.165, 1.54) is 0 Å². The van der Waals surface area contributed by atoms with Gasteiger partial charge in [-0.2, -0.15) is 0 Å². The zero-order valence-corrected chi connectivity index (χ0v) is 17.3. The summed E-state index contributed by atoms with van der Waals surface area (Å²) in [5.41, 5.74) is 7.24. The minimum atomic E-state index is 0. The number of guanidine groups is 1. The molecule has 2 saturated heterocycles. The summed E-state index contributed by atoms with van der Waals surface area (Å²) in [5.74, 6) is 1.65. The van der Waals surface area contributed by atoms with Gasteiger partial charge in [0.05, 0.1) is 19.8 Å². The predicted molar refractivity (Wildman–Crippen MR) is 112 cm³/mol. The SMILES string of the molecule is CCN1CCN(c2cc(CN=C(N)N3CCOCC3)ccn2)CC1.I. The van der Waals surface area contributed by atoms with Gasteiger partial charge in [-0.15, -0.1) is 24.0 Å². The highest BCUT2D eigenvalue weighted by Gasteiger charge is 2.17. The number of rotatable bonds is 4. The maximum atomic E-state index is 6.10. The van der Waals surface area contributed by atoms with Gasteiger partial charge in [-0.25, -0.2) is 9.98 Å². The summed E-state index contributed by atoms with van der Waals surface area (Å²) in [6.45, 7) is 11.3. The Morgan fingerprint density at radius 2 is 1.92 bits per heavy atom. The molecule has 2 fully saturated rings. The number of pyridine rings is 1. The molecule has 0 aliphatic carbocycles. The number of likely N-dealkylation sites (N-methyl/N-ethyl adjacent to an activating group) is 1. The Bertz CT molecular complexity index is 556. The summed E-state index contributed by atoms with van der Waals surface area (Å²) in [7, 11) is 0. The average molecular weight is 460 g/mol. The van der Waals surface area contributed by atoms with E-state index in [-0.39, 0.29) is 24.0 Å². The molecule has 0 saturated carbocycles. The van der Waals surface area contributed by atoms with E-state index >= 15 is 0 Å². The minimum absolute atomic E-state index is 0. The number of nitrogens with zero attached hydrogens (tertiary/aromatic N) is 5. The van der Waals surface area contributed by atoms with Gasteiger partial charge in [0.15, 0.2) is 5.96 Å². The van der Waals surface area contributed by atoms with Crippen LogP contribution in [0.15, 0.2) is 23.3 Å². The zero-order valence-electron chi connectivity index (χ0n) is 14.9. The maximum absolute atomic E-state index is 6.10. The van der Waals surface area contributed by atoms with Gasteiger partial charge in [0.25, 0.3) is 0 Å². The molecule has 2 aliphatic heterocycles. The Morgan fingerprint density at radius 3 is 2.60 bits per heavy atom. The number of aliphatic imine (C=N–C) groups is 1. The number of nitrogens with two attached hydrogens (primary N) is 1. The van der Waals surface area contributed by atoms with Gasteiger partial charge in [0.2, 0.25) is 0 Å². The standard InChI is InChI=1S/C17H28N6O.HI/c1-2-21-5-7-22(8-6-21)16-13-15(3-4-19-16)14-20-17(18)23-9-11-24-12-10-23;/h3-4,13H,2,5-12,14H2,1H3,(H2,18,20);1H. The lowest BCUT2D eigenvalue weighted by molar-refractivity contribution is 0.0674. The van der Waals surface area contributed by atoms with E-state index in [0.29, 0.717) is 12.5 Å². The number of aromatic nitrogens is 1. The van der Waals surface area contributed by atoms with Gasteiger partial charge in [-0.05, 0) is 24.2 Å². The van der Waals surface area contributed by atoms with Crippen LogP contribution in [0.4, 0.5) is 5.82 Å². The van der Waals surface area contributed by atoms with E-state index in [1.54, 1.807) is 0 Å². The fourth-order valence-corrected chi connectivity index (χ4v) is 3.09. The van der Waals surface area contributed by atoms with E-state index in [0.717, 1.165) is 70.4 Å². The molecule has 25 heavy (non-hydrogen) atoms. The summed E-state index contributed by atoms with van der Waals surface area (Å²) in [6.07, 6.45) is 1.87. The number of piperazine rings is 1. The van der Waals surface area contributed by atoms with Crippen LogP contribution in [0.25, 0.3) is 0 Å². The van der Waals surface area contributed by atoms with Crippen molar-refractivity contribution >= 4 is 35.8 Å². The van der Waals surface area contributed by atoms with Crippen molar-refractivity contribution in [2.24, 2.45) is 10.7 Å². The first-order valence-corrected chi connectivity index (χ1v) is 8.81. The van der Waals surface area contributed by atoms with Crippen LogP contribution in [0.2, 0.25) is 0 Å². The molecule has 0 amide bonds. The van der Waals surface area contributed by atoms with Crippen LogP contribution in [0.3, 0.4) is 0 Å². The molecule has 0 bridgehead atoms. The summed E-state index contributed by atoms with van der Waals surface area (Å²) in [4.78, 5) is 16.0. The van der Waals surface area contributed by atoms with Crippen LogP contribution < -0.4 is 10.6 Å². The molecule has 0 atom stereocenters. The van der Waals surface area contributed by atoms with E-state index < -0.39 is 0 Å². The molecule has 7 nitrogen and oxygen atoms in total. The summed E-state index contributed by atoms with van der Waals surface area (Å²) in [6, 6.07) is 4.15. The molecule has 0 unspecified atom stereocenters. The first-order chi connectivity index (χ1) is 11.8. The van der Waals surface area contributed by atoms with Crippen molar-refractivity contribution in [3.05, 3.63) is 23.9 Å². The largest absolute Gasteiger partial charge is 0.378 e. The third kappa shape index (κ3) is 5.68. The normalized spacial score (nSPS) is 19.6. The third-order valence-corrected chi connectivity index (χ3v) is 4.71. The number of ether oxygens (including phenoxy) is 1. The second kappa shape index (κ2) is 10.1. The van der Waals surface area contributed by atoms with Gasteiger partial charge < -0.3 is 25.2 Å². The van der Waals surface area contributed by atoms with Crippen molar-refractivity contribution in [2.75, 3.05) is 63.9 Å². The van der Waals surface area contributed by atoms with Gasteiger partial charge >= 0.3 is 0 Å². The Kier molecular flexibility index (Phi) is 8.17. The third-order valence-electron chi connectivity index (χ3n) is 4.71. The molecule has 1 aromatic heterocycles. The lowest BCUT2D eigenvalue weighted by Crippen LogP contribution is -2.46. The molecule has 0 radical (unpaired) electrons. The van der Waals surface area contributed by atoms with Crippen molar-refractivity contribution in [1.29, 1.82) is 0 Å². The van der Waals surface area contributed by atoms with E-state index in [9.17, 15) is 0 Å². The van der Waals surface area contributed by atoms with Crippen LogP contribution in [-0.2, 0) is 11.3 Å². The van der Waals surface area contributed by atoms with Gasteiger partial charge in [-0.3, -0.25) is 0 Å². The van der Waals surface area contributed by atoms with Crippen LogP contribution in [0, 0.1) is 0 Å².